The van der Waals surface area contributed by atoms with Crippen LogP contribution in [-0.4, -0.2) is 16.2 Å². The van der Waals surface area contributed by atoms with Gasteiger partial charge in [-0.25, -0.2) is 4.79 Å². The Morgan fingerprint density at radius 1 is 0.694 bits per heavy atom. The summed E-state index contributed by atoms with van der Waals surface area (Å²) in [5, 5.41) is 4.10. The average Bonchev–Trinajstić information content (AvgIpc) is 3.71. The molecule has 0 atom stereocenters. The molecule has 0 saturated heterocycles. The van der Waals surface area contributed by atoms with Crippen molar-refractivity contribution in [1.29, 1.82) is 0 Å². The monoisotopic (exact) mass is 659 g/mol. The number of oxime groups is 1. The summed E-state index contributed by atoms with van der Waals surface area (Å²) >= 11 is 1.27. The first-order chi connectivity index (χ1) is 24.1. The van der Waals surface area contributed by atoms with Crippen LogP contribution >= 0.6 is 11.3 Å². The van der Waals surface area contributed by atoms with Crippen LogP contribution in [0.4, 0.5) is 17.1 Å². The van der Waals surface area contributed by atoms with Gasteiger partial charge in [-0.05, 0) is 67.6 Å². The molecule has 0 amide bonds. The van der Waals surface area contributed by atoms with E-state index in [0.717, 1.165) is 39.3 Å². The summed E-state index contributed by atoms with van der Waals surface area (Å²) in [5.74, 6) is 0.678. The number of rotatable bonds is 6. The van der Waals surface area contributed by atoms with Gasteiger partial charge in [0, 0.05) is 45.9 Å². The molecule has 0 N–H and O–H groups in total. The van der Waals surface area contributed by atoms with Crippen molar-refractivity contribution in [2.75, 3.05) is 4.90 Å². The van der Waals surface area contributed by atoms with Crippen molar-refractivity contribution in [3.8, 4) is 5.75 Å². The predicted molar refractivity (Wildman–Crippen MR) is 195 cm³/mol. The molecular formula is C41H29N3O4S. The minimum absolute atomic E-state index is 0.193. The molecule has 6 aromatic rings. The maximum atomic E-state index is 14.1. The molecule has 7 nitrogen and oxygen atoms in total. The largest absolute Gasteiger partial charge is 0.456 e. The van der Waals surface area contributed by atoms with Gasteiger partial charge in [-0.3, -0.25) is 9.36 Å². The van der Waals surface area contributed by atoms with Crippen LogP contribution in [0.15, 0.2) is 156 Å². The Morgan fingerprint density at radius 3 is 1.94 bits per heavy atom. The first-order valence-corrected chi connectivity index (χ1v) is 16.8. The maximum absolute atomic E-state index is 14.1. The van der Waals surface area contributed by atoms with Crippen molar-refractivity contribution in [2.24, 2.45) is 5.16 Å². The molecule has 3 heterocycles. The molecule has 0 bridgehead atoms. The van der Waals surface area contributed by atoms with Crippen molar-refractivity contribution < 1.29 is 14.4 Å². The van der Waals surface area contributed by atoms with E-state index >= 15 is 0 Å². The molecule has 0 aliphatic carbocycles. The number of para-hydroxylation sites is 3. The lowest BCUT2D eigenvalue weighted by Crippen LogP contribution is -2.34. The second kappa shape index (κ2) is 12.7. The van der Waals surface area contributed by atoms with Crippen LogP contribution in [0, 0.1) is 0 Å². The van der Waals surface area contributed by atoms with Gasteiger partial charge in [0.1, 0.15) is 32.0 Å². The molecule has 2 aliphatic heterocycles. The summed E-state index contributed by atoms with van der Waals surface area (Å²) in [6.45, 7) is 2.26. The van der Waals surface area contributed by atoms with E-state index in [0.29, 0.717) is 33.0 Å². The second-order valence-corrected chi connectivity index (χ2v) is 12.4. The third kappa shape index (κ3) is 5.48. The number of carbonyl (C=O) groups is 1. The van der Waals surface area contributed by atoms with Gasteiger partial charge >= 0.3 is 5.97 Å². The molecule has 5 aromatic carbocycles. The zero-order valence-corrected chi connectivity index (χ0v) is 27.3. The van der Waals surface area contributed by atoms with Crippen LogP contribution < -0.4 is 24.4 Å². The van der Waals surface area contributed by atoms with Crippen LogP contribution in [0.3, 0.4) is 0 Å². The van der Waals surface area contributed by atoms with Gasteiger partial charge in [-0.15, -0.1) is 11.3 Å². The Labute approximate surface area is 286 Å². The maximum Gasteiger partial charge on any atom is 0.371 e. The van der Waals surface area contributed by atoms with Crippen LogP contribution in [0.25, 0.3) is 16.9 Å². The second-order valence-electron chi connectivity index (χ2n) is 11.4. The fourth-order valence-electron chi connectivity index (χ4n) is 6.15. The molecule has 0 saturated carbocycles. The summed E-state index contributed by atoms with van der Waals surface area (Å²) in [6, 6.07) is 45.7. The highest BCUT2D eigenvalue weighted by Gasteiger charge is 2.30. The lowest BCUT2D eigenvalue weighted by molar-refractivity contribution is -0.135. The zero-order chi connectivity index (χ0) is 33.3. The van der Waals surface area contributed by atoms with Crippen LogP contribution in [0.2, 0.25) is 0 Å². The number of anilines is 3. The number of fused-ring (bicyclic) bond motifs is 1. The van der Waals surface area contributed by atoms with E-state index in [2.05, 4.69) is 46.5 Å². The number of benzene rings is 5. The predicted octanol–water partition coefficient (Wildman–Crippen LogP) is 7.14. The molecule has 0 unspecified atom stereocenters. The van der Waals surface area contributed by atoms with E-state index in [-0.39, 0.29) is 11.1 Å². The van der Waals surface area contributed by atoms with Crippen LogP contribution in [0.5, 0.6) is 5.75 Å². The number of aromatic nitrogens is 1. The van der Waals surface area contributed by atoms with Crippen molar-refractivity contribution >= 4 is 57.0 Å². The molecule has 0 fully saturated rings. The van der Waals surface area contributed by atoms with E-state index in [1.807, 2.05) is 116 Å². The van der Waals surface area contributed by atoms with Gasteiger partial charge < -0.3 is 14.5 Å². The lowest BCUT2D eigenvalue weighted by Gasteiger charge is -2.26. The quantitative estimate of drug-likeness (QED) is 0.178. The molecule has 8 heteroatoms. The molecule has 49 heavy (non-hydrogen) atoms. The summed E-state index contributed by atoms with van der Waals surface area (Å²) in [5.41, 5.74) is 6.70. The van der Waals surface area contributed by atoms with E-state index < -0.39 is 5.97 Å². The fourth-order valence-corrected chi connectivity index (χ4v) is 7.43. The normalized spacial score (nSPS) is 15.9. The summed E-state index contributed by atoms with van der Waals surface area (Å²) in [7, 11) is 0. The van der Waals surface area contributed by atoms with Gasteiger partial charge in [-0.1, -0.05) is 90.1 Å². The van der Waals surface area contributed by atoms with Gasteiger partial charge in [-0.2, -0.15) is 0 Å². The Balaban J connectivity index is 1.28. The lowest BCUT2D eigenvalue weighted by atomic mass is 9.99. The summed E-state index contributed by atoms with van der Waals surface area (Å²) < 4.78 is 9.08. The molecule has 2 aliphatic rings. The molecule has 0 radical (unpaired) electrons. The first kappa shape index (κ1) is 30.1. The molecular weight excluding hydrogens is 631 g/mol. The molecule has 238 valence electrons. The highest BCUT2D eigenvalue weighted by Crippen LogP contribution is 2.38. The van der Waals surface area contributed by atoms with E-state index in [9.17, 15) is 9.59 Å². The smallest absolute Gasteiger partial charge is 0.371 e. The first-order valence-electron chi connectivity index (χ1n) is 15.9. The number of hydrogen-bond donors (Lipinski definition) is 0. The topological polar surface area (TPSA) is 73.1 Å². The Hall–Kier alpha value is -6.25. The zero-order valence-electron chi connectivity index (χ0n) is 26.4. The van der Waals surface area contributed by atoms with Gasteiger partial charge in [0.15, 0.2) is 0 Å². The minimum atomic E-state index is -0.581. The minimum Gasteiger partial charge on any atom is -0.456 e. The molecule has 0 spiro atoms. The van der Waals surface area contributed by atoms with Crippen molar-refractivity contribution in [3.63, 3.8) is 0 Å². The third-order valence-corrected chi connectivity index (χ3v) is 9.69. The number of ether oxygens (including phenoxy) is 1. The average molecular weight is 660 g/mol. The Kier molecular flexibility index (Phi) is 7.83. The van der Waals surface area contributed by atoms with Crippen molar-refractivity contribution in [1.82, 2.24) is 4.57 Å². The number of thiazole rings is 1. The number of hydrogen-bond acceptors (Lipinski definition) is 7. The molecule has 1 aromatic heterocycles. The Bertz CT molecular complexity index is 2410. The summed E-state index contributed by atoms with van der Waals surface area (Å²) in [6.07, 6.45) is 1.92. The van der Waals surface area contributed by atoms with Crippen LogP contribution in [-0.2, 0) is 16.2 Å². The highest BCUT2D eigenvalue weighted by molar-refractivity contribution is 7.08. The van der Waals surface area contributed by atoms with E-state index in [1.54, 1.807) is 4.57 Å². The van der Waals surface area contributed by atoms with Gasteiger partial charge in [0.05, 0.1) is 0 Å². The van der Waals surface area contributed by atoms with Gasteiger partial charge in [0.2, 0.25) is 0 Å². The van der Waals surface area contributed by atoms with E-state index in [4.69, 9.17) is 9.57 Å². The standard InChI is InChI=1S/C41H29N3O4S/c1-2-43-39(45)38(49-40(43)36-37(42-48-41(36)46)28-14-6-3-7-15-28)33-26-35(47-34-21-13-12-20-32(33)34)27-22-24-31(25-23-27)44(29-16-8-4-9-17-29)30-18-10-5-11-19-30/h3-26H,2H2,1H3. The third-order valence-electron chi connectivity index (χ3n) is 8.48. The number of allylic oxidation sites excluding steroid dienone is 1. The van der Waals surface area contributed by atoms with E-state index in [1.165, 1.54) is 11.3 Å². The van der Waals surface area contributed by atoms with Gasteiger partial charge in [0.25, 0.3) is 5.56 Å². The number of nitrogens with zero attached hydrogens (tertiary/aromatic N) is 3. The van der Waals surface area contributed by atoms with Crippen molar-refractivity contribution in [2.45, 2.75) is 13.5 Å². The van der Waals surface area contributed by atoms with Crippen LogP contribution in [0.1, 0.15) is 23.6 Å². The molecule has 8 rings (SSSR count). The highest BCUT2D eigenvalue weighted by atomic mass is 32.1. The Morgan fingerprint density at radius 2 is 1.29 bits per heavy atom. The number of carbonyl (C=O) groups excluding carboxylic acids is 1. The SMILES string of the molecule is CCn1c(=C2C(=O)ON=C2c2ccccc2)sc(=C2C=C(c3ccc(N(c4ccccc4)c4ccccc4)cc3)Oc3ccccc32)c1=O. The fraction of sp³-hybridized carbons (Fsp3) is 0.0488. The summed E-state index contributed by atoms with van der Waals surface area (Å²) in [4.78, 5) is 34.6. The van der Waals surface area contributed by atoms with Crippen molar-refractivity contribution in [3.05, 3.63) is 182 Å².